The second-order valence-corrected chi connectivity index (χ2v) is 8.27. The van der Waals surface area contributed by atoms with Crippen LogP contribution in [0.15, 0.2) is 30.9 Å². The number of hydrogen-bond acceptors (Lipinski definition) is 7. The molecule has 1 fully saturated rings. The fraction of sp³-hybridized carbons (Fsp3) is 0.421. The molecule has 0 bridgehead atoms. The predicted octanol–water partition coefficient (Wildman–Crippen LogP) is 2.83. The molecular weight excluding hydrogens is 376 g/mol. The fourth-order valence-corrected chi connectivity index (χ4v) is 4.60. The lowest BCUT2D eigenvalue weighted by Crippen LogP contribution is -2.15. The van der Waals surface area contributed by atoms with E-state index in [4.69, 9.17) is 5.73 Å². The number of aromatic nitrogens is 5. The normalized spacial score (nSPS) is 15.7. The van der Waals surface area contributed by atoms with Crippen LogP contribution >= 0.6 is 11.3 Å². The van der Waals surface area contributed by atoms with Gasteiger partial charge in [0.1, 0.15) is 21.8 Å². The monoisotopic (exact) mass is 398 g/mol. The van der Waals surface area contributed by atoms with Crippen LogP contribution in [-0.2, 0) is 17.8 Å². The van der Waals surface area contributed by atoms with Gasteiger partial charge < -0.3 is 15.4 Å². The number of pyridine rings is 1. The number of imidazole rings is 1. The summed E-state index contributed by atoms with van der Waals surface area (Å²) in [5, 5.41) is 20.3. The summed E-state index contributed by atoms with van der Waals surface area (Å²) in [5.74, 6) is -0.694. The van der Waals surface area contributed by atoms with E-state index in [0.29, 0.717) is 30.4 Å². The van der Waals surface area contributed by atoms with Crippen molar-refractivity contribution in [3.8, 4) is 0 Å². The molecule has 0 radical (unpaired) electrons. The quantitative estimate of drug-likeness (QED) is 0.628. The molecule has 1 aliphatic carbocycles. The minimum absolute atomic E-state index is 0.310. The first kappa shape index (κ1) is 18.5. The Hall–Kier alpha value is -2.81. The molecule has 3 aromatic rings. The van der Waals surface area contributed by atoms with Gasteiger partial charge in [-0.3, -0.25) is 4.79 Å². The highest BCUT2D eigenvalue weighted by Gasteiger charge is 2.24. The first-order valence-electron chi connectivity index (χ1n) is 9.35. The number of anilines is 1. The van der Waals surface area contributed by atoms with Gasteiger partial charge in [-0.25, -0.2) is 9.97 Å². The van der Waals surface area contributed by atoms with Crippen molar-refractivity contribution in [2.45, 2.75) is 50.5 Å². The molecule has 1 atom stereocenters. The number of nitrogens with zero attached hydrogens (tertiary/aromatic N) is 5. The molecule has 3 N–H and O–H groups in total. The highest BCUT2D eigenvalue weighted by atomic mass is 32.1. The Kier molecular flexibility index (Phi) is 5.34. The zero-order valence-electron chi connectivity index (χ0n) is 15.4. The van der Waals surface area contributed by atoms with Crippen molar-refractivity contribution in [1.29, 1.82) is 0 Å². The molecule has 0 spiro atoms. The molecule has 0 saturated heterocycles. The van der Waals surface area contributed by atoms with Gasteiger partial charge in [0.25, 0.3) is 0 Å². The van der Waals surface area contributed by atoms with E-state index in [1.54, 1.807) is 42.2 Å². The maximum atomic E-state index is 11.8. The third kappa shape index (κ3) is 4.19. The number of carbonyl (C=O) groups is 1. The number of nitrogen functional groups attached to an aromatic ring is 1. The molecule has 28 heavy (non-hydrogen) atoms. The number of aliphatic carboxylic acids is 1. The van der Waals surface area contributed by atoms with E-state index in [-0.39, 0.29) is 0 Å². The van der Waals surface area contributed by atoms with E-state index in [2.05, 4.69) is 20.2 Å². The van der Waals surface area contributed by atoms with Crippen molar-refractivity contribution in [3.63, 3.8) is 0 Å². The maximum absolute atomic E-state index is 11.8. The minimum Gasteiger partial charge on any atom is -0.481 e. The Bertz CT molecular complexity index is 946. The highest BCUT2D eigenvalue weighted by molar-refractivity contribution is 7.11. The topological polar surface area (TPSA) is 120 Å². The molecule has 1 saturated carbocycles. The van der Waals surface area contributed by atoms with Crippen molar-refractivity contribution < 1.29 is 9.90 Å². The van der Waals surface area contributed by atoms with Crippen molar-refractivity contribution in [3.05, 3.63) is 52.1 Å². The molecule has 1 unspecified atom stereocenters. The lowest BCUT2D eigenvalue weighted by atomic mass is 9.98. The van der Waals surface area contributed by atoms with Crippen LogP contribution < -0.4 is 5.73 Å². The van der Waals surface area contributed by atoms with E-state index in [0.717, 1.165) is 15.6 Å². The zero-order valence-corrected chi connectivity index (χ0v) is 16.2. The number of nitrogens with two attached hydrogens (primary N) is 1. The van der Waals surface area contributed by atoms with Gasteiger partial charge in [0, 0.05) is 18.3 Å². The Labute approximate surface area is 166 Å². The van der Waals surface area contributed by atoms with Gasteiger partial charge in [-0.05, 0) is 30.9 Å². The maximum Gasteiger partial charge on any atom is 0.312 e. The number of carboxylic acids is 1. The van der Waals surface area contributed by atoms with Crippen molar-refractivity contribution in [1.82, 2.24) is 24.7 Å². The molecule has 4 rings (SSSR count). The van der Waals surface area contributed by atoms with Gasteiger partial charge >= 0.3 is 5.97 Å². The van der Waals surface area contributed by atoms with Crippen LogP contribution in [0.5, 0.6) is 0 Å². The van der Waals surface area contributed by atoms with Crippen molar-refractivity contribution in [2.24, 2.45) is 0 Å². The largest absolute Gasteiger partial charge is 0.481 e. The van der Waals surface area contributed by atoms with Crippen LogP contribution in [0, 0.1) is 0 Å². The van der Waals surface area contributed by atoms with Gasteiger partial charge in [0.15, 0.2) is 0 Å². The third-order valence-electron chi connectivity index (χ3n) is 5.10. The first-order chi connectivity index (χ1) is 13.6. The van der Waals surface area contributed by atoms with Crippen LogP contribution in [0.3, 0.4) is 0 Å². The Morgan fingerprint density at radius 3 is 2.82 bits per heavy atom. The van der Waals surface area contributed by atoms with E-state index in [9.17, 15) is 9.90 Å². The van der Waals surface area contributed by atoms with Crippen LogP contribution in [-0.4, -0.2) is 35.8 Å². The molecule has 3 heterocycles. The van der Waals surface area contributed by atoms with Gasteiger partial charge in [-0.2, -0.15) is 0 Å². The lowest BCUT2D eigenvalue weighted by molar-refractivity contribution is -0.138. The van der Waals surface area contributed by atoms with Crippen molar-refractivity contribution in [2.75, 3.05) is 5.73 Å². The van der Waals surface area contributed by atoms with E-state index in [1.807, 2.05) is 4.57 Å². The van der Waals surface area contributed by atoms with Gasteiger partial charge in [0.05, 0.1) is 18.6 Å². The van der Waals surface area contributed by atoms with Crippen LogP contribution in [0.1, 0.15) is 58.8 Å². The molecule has 146 valence electrons. The zero-order chi connectivity index (χ0) is 19.5. The van der Waals surface area contributed by atoms with E-state index >= 15 is 0 Å². The second-order valence-electron chi connectivity index (χ2n) is 7.17. The van der Waals surface area contributed by atoms with Gasteiger partial charge in [-0.15, -0.1) is 10.2 Å². The average molecular weight is 398 g/mol. The Morgan fingerprint density at radius 1 is 1.29 bits per heavy atom. The first-order valence-corrected chi connectivity index (χ1v) is 10.2. The number of carboxylic acid groups (broad SMARTS) is 1. The molecule has 0 aromatic carbocycles. The summed E-state index contributed by atoms with van der Waals surface area (Å²) in [5.41, 5.74) is 6.92. The third-order valence-corrected chi connectivity index (χ3v) is 6.17. The van der Waals surface area contributed by atoms with Crippen LogP contribution in [0.25, 0.3) is 0 Å². The molecular formula is C19H22N6O2S. The number of rotatable bonds is 7. The standard InChI is InChI=1S/C19H22N6O2S/c20-16-6-5-12(8-21-16)7-14(19(26)27)15-9-25(11-22-15)10-17-23-24-18(28-17)13-3-1-2-4-13/h5-6,8-9,11,13-14H,1-4,7,10H2,(H2,20,21)(H,26,27). The van der Waals surface area contributed by atoms with E-state index < -0.39 is 11.9 Å². The minimum atomic E-state index is -0.915. The summed E-state index contributed by atoms with van der Waals surface area (Å²) in [6.07, 6.45) is 10.3. The second kappa shape index (κ2) is 8.05. The summed E-state index contributed by atoms with van der Waals surface area (Å²) >= 11 is 1.65. The smallest absolute Gasteiger partial charge is 0.312 e. The summed E-state index contributed by atoms with van der Waals surface area (Å²) in [6.45, 7) is 0.549. The van der Waals surface area contributed by atoms with Gasteiger partial charge in [0.2, 0.25) is 0 Å². The lowest BCUT2D eigenvalue weighted by Gasteiger charge is -2.09. The Balaban J connectivity index is 1.45. The summed E-state index contributed by atoms with van der Waals surface area (Å²) in [6, 6.07) is 3.46. The summed E-state index contributed by atoms with van der Waals surface area (Å²) in [7, 11) is 0. The van der Waals surface area contributed by atoms with Crippen molar-refractivity contribution >= 4 is 23.1 Å². The SMILES string of the molecule is Nc1ccc(CC(C(=O)O)c2cn(Cc3nnc(C4CCCC4)s3)cn2)cn1. The fourth-order valence-electron chi connectivity index (χ4n) is 3.58. The average Bonchev–Trinajstić information content (AvgIpc) is 3.43. The van der Waals surface area contributed by atoms with Gasteiger partial charge in [-0.1, -0.05) is 30.2 Å². The molecule has 8 nitrogen and oxygen atoms in total. The molecule has 9 heteroatoms. The molecule has 3 aromatic heterocycles. The Morgan fingerprint density at radius 2 is 2.11 bits per heavy atom. The van der Waals surface area contributed by atoms with Crippen LogP contribution in [0.4, 0.5) is 5.82 Å². The summed E-state index contributed by atoms with van der Waals surface area (Å²) in [4.78, 5) is 20.1. The van der Waals surface area contributed by atoms with E-state index in [1.165, 1.54) is 25.7 Å². The molecule has 1 aliphatic rings. The molecule has 0 amide bonds. The van der Waals surface area contributed by atoms with Crippen LogP contribution in [0.2, 0.25) is 0 Å². The molecule has 0 aliphatic heterocycles. The highest BCUT2D eigenvalue weighted by Crippen LogP contribution is 2.35. The predicted molar refractivity (Wildman–Crippen MR) is 105 cm³/mol. The number of hydrogen-bond donors (Lipinski definition) is 2. The summed E-state index contributed by atoms with van der Waals surface area (Å²) < 4.78 is 1.87.